The Labute approximate surface area is 129 Å². The van der Waals surface area contributed by atoms with Gasteiger partial charge in [0, 0.05) is 6.04 Å². The van der Waals surface area contributed by atoms with Gasteiger partial charge in [0.15, 0.2) is 0 Å². The van der Waals surface area contributed by atoms with Crippen molar-refractivity contribution in [1.82, 2.24) is 4.90 Å². The zero-order valence-corrected chi connectivity index (χ0v) is 14.0. The van der Waals surface area contributed by atoms with Crippen LogP contribution >= 0.6 is 0 Å². The van der Waals surface area contributed by atoms with Crippen LogP contribution in [-0.2, 0) is 9.53 Å². The highest BCUT2D eigenvalue weighted by Gasteiger charge is 2.46. The van der Waals surface area contributed by atoms with Crippen LogP contribution in [0.25, 0.3) is 0 Å². The van der Waals surface area contributed by atoms with Gasteiger partial charge in [-0.05, 0) is 57.5 Å². The summed E-state index contributed by atoms with van der Waals surface area (Å²) in [4.78, 5) is 14.6. The summed E-state index contributed by atoms with van der Waals surface area (Å²) < 4.78 is 5.15. The quantitative estimate of drug-likeness (QED) is 0.793. The van der Waals surface area contributed by atoms with Gasteiger partial charge in [-0.15, -0.1) is 0 Å². The van der Waals surface area contributed by atoms with Gasteiger partial charge in [-0.2, -0.15) is 0 Å². The number of hydrogen-bond acceptors (Lipinski definition) is 4. The molecule has 4 heteroatoms. The Morgan fingerprint density at radius 1 is 1.19 bits per heavy atom. The molecule has 122 valence electrons. The van der Waals surface area contributed by atoms with E-state index in [1.807, 2.05) is 6.92 Å². The van der Waals surface area contributed by atoms with E-state index < -0.39 is 5.54 Å². The predicted molar refractivity (Wildman–Crippen MR) is 85.0 cm³/mol. The van der Waals surface area contributed by atoms with Crippen LogP contribution in [0.1, 0.15) is 65.7 Å². The third-order valence-electron chi connectivity index (χ3n) is 6.08. The summed E-state index contributed by atoms with van der Waals surface area (Å²) in [5, 5.41) is 0. The van der Waals surface area contributed by atoms with Crippen LogP contribution in [0.2, 0.25) is 0 Å². The molecule has 1 aliphatic heterocycles. The summed E-state index contributed by atoms with van der Waals surface area (Å²) in [5.41, 5.74) is 6.10. The van der Waals surface area contributed by atoms with Crippen molar-refractivity contribution >= 4 is 5.97 Å². The van der Waals surface area contributed by atoms with Crippen LogP contribution in [0.4, 0.5) is 0 Å². The van der Waals surface area contributed by atoms with Crippen molar-refractivity contribution in [2.24, 2.45) is 11.1 Å². The monoisotopic (exact) mass is 296 g/mol. The zero-order valence-electron chi connectivity index (χ0n) is 14.0. The number of nitrogens with two attached hydrogens (primary N) is 1. The first-order valence-electron chi connectivity index (χ1n) is 8.69. The lowest BCUT2D eigenvalue weighted by Gasteiger charge is -2.43. The fourth-order valence-electron chi connectivity index (χ4n) is 4.14. The number of ether oxygens (including phenoxy) is 1. The summed E-state index contributed by atoms with van der Waals surface area (Å²) in [6.07, 6.45) is 7.69. The molecule has 0 bridgehead atoms. The molecule has 2 unspecified atom stereocenters. The normalized spacial score (nSPS) is 33.0. The maximum Gasteiger partial charge on any atom is 0.326 e. The molecule has 0 aromatic rings. The van der Waals surface area contributed by atoms with Gasteiger partial charge in [0.25, 0.3) is 0 Å². The molecule has 1 heterocycles. The average Bonchev–Trinajstić information content (AvgIpc) is 2.91. The number of esters is 1. The molecule has 1 aliphatic carbocycles. The maximum atomic E-state index is 12.0. The Hall–Kier alpha value is -0.610. The molecule has 0 amide bonds. The molecule has 0 spiro atoms. The van der Waals surface area contributed by atoms with Crippen molar-refractivity contribution in [3.8, 4) is 0 Å². The molecule has 4 nitrogen and oxygen atoms in total. The highest BCUT2D eigenvalue weighted by molar-refractivity contribution is 5.81. The van der Waals surface area contributed by atoms with E-state index in [2.05, 4.69) is 18.7 Å². The van der Waals surface area contributed by atoms with Gasteiger partial charge in [0.05, 0.1) is 6.61 Å². The van der Waals surface area contributed by atoms with Crippen LogP contribution in [-0.4, -0.2) is 42.1 Å². The maximum absolute atomic E-state index is 12.0. The van der Waals surface area contributed by atoms with Gasteiger partial charge in [0.1, 0.15) is 5.54 Å². The summed E-state index contributed by atoms with van der Waals surface area (Å²) >= 11 is 0. The van der Waals surface area contributed by atoms with E-state index in [4.69, 9.17) is 10.5 Å². The second kappa shape index (κ2) is 6.66. The Morgan fingerprint density at radius 2 is 1.81 bits per heavy atom. The number of hydrogen-bond donors (Lipinski definition) is 1. The molecule has 1 saturated heterocycles. The van der Waals surface area contributed by atoms with E-state index in [1.54, 1.807) is 0 Å². The van der Waals surface area contributed by atoms with E-state index in [0.29, 0.717) is 18.1 Å². The van der Waals surface area contributed by atoms with E-state index in [-0.39, 0.29) is 5.97 Å². The van der Waals surface area contributed by atoms with Crippen molar-refractivity contribution in [2.75, 3.05) is 19.7 Å². The van der Waals surface area contributed by atoms with Crippen LogP contribution in [0, 0.1) is 5.41 Å². The topological polar surface area (TPSA) is 55.6 Å². The van der Waals surface area contributed by atoms with Crippen LogP contribution in [0.3, 0.4) is 0 Å². The minimum absolute atomic E-state index is 0.207. The van der Waals surface area contributed by atoms with E-state index >= 15 is 0 Å². The Morgan fingerprint density at radius 3 is 2.33 bits per heavy atom. The van der Waals surface area contributed by atoms with Gasteiger partial charge in [-0.25, -0.2) is 0 Å². The lowest BCUT2D eigenvalue weighted by atomic mass is 9.74. The Kier molecular flexibility index (Phi) is 5.31. The third kappa shape index (κ3) is 3.42. The molecule has 2 rings (SSSR count). The second-order valence-corrected chi connectivity index (χ2v) is 7.02. The molecule has 2 N–H and O–H groups in total. The van der Waals surface area contributed by atoms with Crippen LogP contribution in [0.15, 0.2) is 0 Å². The van der Waals surface area contributed by atoms with Gasteiger partial charge in [0.2, 0.25) is 0 Å². The minimum Gasteiger partial charge on any atom is -0.465 e. The first kappa shape index (κ1) is 16.8. The lowest BCUT2D eigenvalue weighted by molar-refractivity contribution is -0.149. The molecule has 2 fully saturated rings. The van der Waals surface area contributed by atoms with Gasteiger partial charge < -0.3 is 15.4 Å². The molecule has 2 aliphatic rings. The number of carbonyl (C=O) groups is 1. The molecule has 0 radical (unpaired) electrons. The van der Waals surface area contributed by atoms with Crippen molar-refractivity contribution < 1.29 is 9.53 Å². The summed E-state index contributed by atoms with van der Waals surface area (Å²) in [5.74, 6) is -0.207. The average molecular weight is 296 g/mol. The van der Waals surface area contributed by atoms with Crippen molar-refractivity contribution in [3.63, 3.8) is 0 Å². The molecular formula is C17H32N2O2. The molecule has 0 aromatic heterocycles. The molecule has 0 aromatic carbocycles. The first-order valence-corrected chi connectivity index (χ1v) is 8.69. The highest BCUT2D eigenvalue weighted by Crippen LogP contribution is 2.41. The highest BCUT2D eigenvalue weighted by atomic mass is 16.5. The van der Waals surface area contributed by atoms with Gasteiger partial charge in [-0.3, -0.25) is 4.79 Å². The molecule has 1 saturated carbocycles. The van der Waals surface area contributed by atoms with E-state index in [9.17, 15) is 4.79 Å². The third-order valence-corrected chi connectivity index (χ3v) is 6.08. The molecule has 2 atom stereocenters. The van der Waals surface area contributed by atoms with Gasteiger partial charge in [-0.1, -0.05) is 26.7 Å². The van der Waals surface area contributed by atoms with Gasteiger partial charge >= 0.3 is 5.97 Å². The fourth-order valence-corrected chi connectivity index (χ4v) is 4.14. The first-order chi connectivity index (χ1) is 9.98. The fraction of sp³-hybridized carbons (Fsp3) is 0.941. The zero-order chi connectivity index (χ0) is 15.5. The SMILES string of the molecule is CCOC(=O)C1(N)CCC(N2CCC(CC)(CC)CC2)C1. The second-order valence-electron chi connectivity index (χ2n) is 7.02. The summed E-state index contributed by atoms with van der Waals surface area (Å²) in [7, 11) is 0. The largest absolute Gasteiger partial charge is 0.465 e. The Balaban J connectivity index is 1.90. The minimum atomic E-state index is -0.745. The van der Waals surface area contributed by atoms with Crippen molar-refractivity contribution in [1.29, 1.82) is 0 Å². The summed E-state index contributed by atoms with van der Waals surface area (Å²) in [6, 6.07) is 0.464. The van der Waals surface area contributed by atoms with E-state index in [0.717, 1.165) is 32.4 Å². The van der Waals surface area contributed by atoms with Crippen molar-refractivity contribution in [2.45, 2.75) is 77.3 Å². The number of piperidine rings is 1. The number of likely N-dealkylation sites (tertiary alicyclic amines) is 1. The predicted octanol–water partition coefficient (Wildman–Crippen LogP) is 2.70. The number of rotatable bonds is 5. The number of carbonyl (C=O) groups excluding carboxylic acids is 1. The standard InChI is InChI=1S/C17H32N2O2/c1-4-16(5-2)9-11-19(12-10-16)14-7-8-17(18,13-14)15(20)21-6-3/h14H,4-13,18H2,1-3H3. The Bertz CT molecular complexity index is 358. The van der Waals surface area contributed by atoms with Crippen molar-refractivity contribution in [3.05, 3.63) is 0 Å². The molecule has 21 heavy (non-hydrogen) atoms. The van der Waals surface area contributed by atoms with Crippen LogP contribution in [0.5, 0.6) is 0 Å². The smallest absolute Gasteiger partial charge is 0.326 e. The lowest BCUT2D eigenvalue weighted by Crippen LogP contribution is -2.50. The van der Waals surface area contributed by atoms with Crippen LogP contribution < -0.4 is 5.73 Å². The molecular weight excluding hydrogens is 264 g/mol. The summed E-state index contributed by atoms with van der Waals surface area (Å²) in [6.45, 7) is 9.21. The number of nitrogens with zero attached hydrogens (tertiary/aromatic N) is 1. The van der Waals surface area contributed by atoms with E-state index in [1.165, 1.54) is 25.7 Å².